The van der Waals surface area contributed by atoms with E-state index in [2.05, 4.69) is 11.1 Å². The molecule has 0 fully saturated rings. The minimum absolute atomic E-state index is 0.613. The number of rotatable bonds is 2. The number of thiophene rings is 1. The van der Waals surface area contributed by atoms with Crippen LogP contribution in [0, 0.1) is 13.8 Å². The van der Waals surface area contributed by atoms with Crippen molar-refractivity contribution in [3.63, 3.8) is 0 Å². The molecule has 96 valence electrons. The SMILES string of the molecule is Cc1cc(C)cc(C(O)c2cnc3ccsc3c2)c1. The van der Waals surface area contributed by atoms with Gasteiger partial charge in [-0.05, 0) is 36.9 Å². The lowest BCUT2D eigenvalue weighted by atomic mass is 9.99. The third-order valence-corrected chi connectivity index (χ3v) is 4.05. The Bertz CT molecular complexity index is 712. The molecule has 0 saturated carbocycles. The van der Waals surface area contributed by atoms with E-state index in [0.717, 1.165) is 21.3 Å². The molecule has 0 bridgehead atoms. The monoisotopic (exact) mass is 269 g/mol. The van der Waals surface area contributed by atoms with Gasteiger partial charge in [0.25, 0.3) is 0 Å². The molecule has 3 heteroatoms. The van der Waals surface area contributed by atoms with E-state index in [-0.39, 0.29) is 0 Å². The van der Waals surface area contributed by atoms with Gasteiger partial charge in [0.05, 0.1) is 10.2 Å². The van der Waals surface area contributed by atoms with Crippen LogP contribution in [0.2, 0.25) is 0 Å². The van der Waals surface area contributed by atoms with Gasteiger partial charge in [0.1, 0.15) is 6.10 Å². The summed E-state index contributed by atoms with van der Waals surface area (Å²) >= 11 is 1.65. The summed E-state index contributed by atoms with van der Waals surface area (Å²) in [4.78, 5) is 4.38. The number of aryl methyl sites for hydroxylation is 2. The number of benzene rings is 1. The molecule has 0 amide bonds. The Labute approximate surface area is 116 Å². The molecule has 1 N–H and O–H groups in total. The highest BCUT2D eigenvalue weighted by atomic mass is 32.1. The molecular formula is C16H15NOS. The van der Waals surface area contributed by atoms with Crippen LogP contribution < -0.4 is 0 Å². The molecule has 2 aromatic heterocycles. The molecule has 0 spiro atoms. The van der Waals surface area contributed by atoms with Crippen molar-refractivity contribution in [1.82, 2.24) is 4.98 Å². The van der Waals surface area contributed by atoms with Gasteiger partial charge in [0, 0.05) is 11.8 Å². The third kappa shape index (κ3) is 2.39. The zero-order valence-electron chi connectivity index (χ0n) is 10.9. The molecular weight excluding hydrogens is 254 g/mol. The lowest BCUT2D eigenvalue weighted by Gasteiger charge is -2.13. The highest BCUT2D eigenvalue weighted by Gasteiger charge is 2.12. The Morgan fingerprint density at radius 3 is 2.53 bits per heavy atom. The molecule has 3 aromatic rings. The van der Waals surface area contributed by atoms with Crippen molar-refractivity contribution in [2.45, 2.75) is 20.0 Å². The molecule has 2 heterocycles. The zero-order valence-corrected chi connectivity index (χ0v) is 11.7. The Morgan fingerprint density at radius 1 is 1.05 bits per heavy atom. The van der Waals surface area contributed by atoms with Crippen molar-refractivity contribution in [3.8, 4) is 0 Å². The minimum Gasteiger partial charge on any atom is -0.384 e. The Kier molecular flexibility index (Phi) is 3.09. The minimum atomic E-state index is -0.613. The molecule has 0 aliphatic rings. The summed E-state index contributed by atoms with van der Waals surface area (Å²) < 4.78 is 1.11. The molecule has 3 rings (SSSR count). The molecule has 0 aliphatic heterocycles. The lowest BCUT2D eigenvalue weighted by Crippen LogP contribution is -2.01. The van der Waals surface area contributed by atoms with Gasteiger partial charge < -0.3 is 5.11 Å². The van der Waals surface area contributed by atoms with Crippen molar-refractivity contribution < 1.29 is 5.11 Å². The smallest absolute Gasteiger partial charge is 0.106 e. The van der Waals surface area contributed by atoms with Gasteiger partial charge in [-0.1, -0.05) is 29.3 Å². The molecule has 1 aromatic carbocycles. The van der Waals surface area contributed by atoms with E-state index < -0.39 is 6.10 Å². The first kappa shape index (κ1) is 12.3. The molecule has 1 atom stereocenters. The molecule has 1 unspecified atom stereocenters. The van der Waals surface area contributed by atoms with Crippen molar-refractivity contribution in [2.75, 3.05) is 0 Å². The van der Waals surface area contributed by atoms with Gasteiger partial charge in [0.2, 0.25) is 0 Å². The van der Waals surface area contributed by atoms with E-state index in [4.69, 9.17) is 0 Å². The fourth-order valence-electron chi connectivity index (χ4n) is 2.37. The standard InChI is InChI=1S/C16H15NOS/c1-10-5-11(2)7-12(6-10)16(18)13-8-15-14(17-9-13)3-4-19-15/h3-9,16,18H,1-2H3. The summed E-state index contributed by atoms with van der Waals surface area (Å²) in [7, 11) is 0. The Balaban J connectivity index is 2.04. The number of nitrogens with zero attached hydrogens (tertiary/aromatic N) is 1. The Morgan fingerprint density at radius 2 is 1.79 bits per heavy atom. The van der Waals surface area contributed by atoms with Gasteiger partial charge in [-0.3, -0.25) is 4.98 Å². The maximum atomic E-state index is 10.5. The number of aromatic nitrogens is 1. The second-order valence-electron chi connectivity index (χ2n) is 4.90. The number of pyridine rings is 1. The van der Waals surface area contributed by atoms with Crippen LogP contribution in [0.5, 0.6) is 0 Å². The maximum absolute atomic E-state index is 10.5. The van der Waals surface area contributed by atoms with E-state index in [0.29, 0.717) is 0 Å². The maximum Gasteiger partial charge on any atom is 0.106 e. The van der Waals surface area contributed by atoms with Crippen LogP contribution in [0.15, 0.2) is 41.9 Å². The summed E-state index contributed by atoms with van der Waals surface area (Å²) in [6, 6.07) is 10.2. The first-order valence-electron chi connectivity index (χ1n) is 6.23. The summed E-state index contributed by atoms with van der Waals surface area (Å²) in [5.41, 5.74) is 5.09. The van der Waals surface area contributed by atoms with E-state index in [1.165, 1.54) is 11.1 Å². The van der Waals surface area contributed by atoms with Crippen LogP contribution in [0.25, 0.3) is 10.2 Å². The van der Waals surface area contributed by atoms with Gasteiger partial charge in [-0.15, -0.1) is 11.3 Å². The number of fused-ring (bicyclic) bond motifs is 1. The van der Waals surface area contributed by atoms with Crippen LogP contribution in [0.3, 0.4) is 0 Å². The van der Waals surface area contributed by atoms with Crippen molar-refractivity contribution >= 4 is 21.6 Å². The lowest BCUT2D eigenvalue weighted by molar-refractivity contribution is 0.220. The van der Waals surface area contributed by atoms with Gasteiger partial charge in [-0.25, -0.2) is 0 Å². The molecule has 0 saturated heterocycles. The first-order chi connectivity index (χ1) is 9.13. The highest BCUT2D eigenvalue weighted by molar-refractivity contribution is 7.17. The number of aliphatic hydroxyl groups is 1. The molecule has 19 heavy (non-hydrogen) atoms. The fourth-order valence-corrected chi connectivity index (χ4v) is 3.16. The van der Waals surface area contributed by atoms with Crippen LogP contribution in [-0.2, 0) is 0 Å². The summed E-state index contributed by atoms with van der Waals surface area (Å²) in [5.74, 6) is 0. The van der Waals surface area contributed by atoms with Crippen molar-refractivity contribution in [2.24, 2.45) is 0 Å². The van der Waals surface area contributed by atoms with E-state index in [9.17, 15) is 5.11 Å². The van der Waals surface area contributed by atoms with Gasteiger partial charge in [-0.2, -0.15) is 0 Å². The first-order valence-corrected chi connectivity index (χ1v) is 7.11. The van der Waals surface area contributed by atoms with E-state index in [1.54, 1.807) is 17.5 Å². The molecule has 2 nitrogen and oxygen atoms in total. The highest BCUT2D eigenvalue weighted by Crippen LogP contribution is 2.27. The molecule has 0 aliphatic carbocycles. The number of hydrogen-bond acceptors (Lipinski definition) is 3. The van der Waals surface area contributed by atoms with Gasteiger partial charge >= 0.3 is 0 Å². The van der Waals surface area contributed by atoms with E-state index >= 15 is 0 Å². The topological polar surface area (TPSA) is 33.1 Å². The second kappa shape index (κ2) is 4.76. The second-order valence-corrected chi connectivity index (χ2v) is 5.84. The average Bonchev–Trinajstić information content (AvgIpc) is 2.83. The quantitative estimate of drug-likeness (QED) is 0.763. The van der Waals surface area contributed by atoms with Crippen LogP contribution >= 0.6 is 11.3 Å². The predicted octanol–water partition coefficient (Wildman–Crippen LogP) is 3.99. The van der Waals surface area contributed by atoms with Crippen LogP contribution in [0.4, 0.5) is 0 Å². The van der Waals surface area contributed by atoms with Crippen molar-refractivity contribution in [3.05, 3.63) is 64.2 Å². The largest absolute Gasteiger partial charge is 0.384 e. The van der Waals surface area contributed by atoms with Crippen molar-refractivity contribution in [1.29, 1.82) is 0 Å². The van der Waals surface area contributed by atoms with Gasteiger partial charge in [0.15, 0.2) is 0 Å². The summed E-state index contributed by atoms with van der Waals surface area (Å²) in [6.45, 7) is 4.09. The summed E-state index contributed by atoms with van der Waals surface area (Å²) in [5, 5.41) is 12.5. The zero-order chi connectivity index (χ0) is 13.4. The Hall–Kier alpha value is -1.71. The van der Waals surface area contributed by atoms with E-state index in [1.807, 2.05) is 43.5 Å². The number of hydrogen-bond donors (Lipinski definition) is 1. The predicted molar refractivity (Wildman–Crippen MR) is 79.6 cm³/mol. The average molecular weight is 269 g/mol. The molecule has 0 radical (unpaired) electrons. The van der Waals surface area contributed by atoms with Crippen LogP contribution in [0.1, 0.15) is 28.4 Å². The van der Waals surface area contributed by atoms with Crippen LogP contribution in [-0.4, -0.2) is 10.1 Å². The third-order valence-electron chi connectivity index (χ3n) is 3.20. The number of aliphatic hydroxyl groups excluding tert-OH is 1. The normalized spacial score (nSPS) is 12.8. The summed E-state index contributed by atoms with van der Waals surface area (Å²) in [6.07, 6.45) is 1.15. The fraction of sp³-hybridized carbons (Fsp3) is 0.188.